The minimum atomic E-state index is -4.64. The molecule has 0 unspecified atom stereocenters. The highest BCUT2D eigenvalue weighted by Gasteiger charge is 2.36. The van der Waals surface area contributed by atoms with Crippen molar-refractivity contribution < 1.29 is 36.2 Å². The van der Waals surface area contributed by atoms with Crippen molar-refractivity contribution in [3.63, 3.8) is 0 Å². The van der Waals surface area contributed by atoms with Gasteiger partial charge in [0.25, 0.3) is 0 Å². The minimum Gasteiger partial charge on any atom is -0.457 e. The van der Waals surface area contributed by atoms with Crippen LogP contribution in [0.1, 0.15) is 37.8 Å². The zero-order valence-electron chi connectivity index (χ0n) is 19.2. The zero-order valence-corrected chi connectivity index (χ0v) is 20.0. The Morgan fingerprint density at radius 2 is 1.68 bits per heavy atom. The van der Waals surface area contributed by atoms with E-state index in [-0.39, 0.29) is 40.2 Å². The molecule has 1 amide bonds. The molecular weight excluding hydrogens is 471 g/mol. The Hall–Kier alpha value is -2.59. The Morgan fingerprint density at radius 1 is 1.09 bits per heavy atom. The van der Waals surface area contributed by atoms with Crippen molar-refractivity contribution in [3.05, 3.63) is 53.6 Å². The molecule has 1 heterocycles. The molecule has 186 valence electrons. The van der Waals surface area contributed by atoms with E-state index in [9.17, 15) is 31.5 Å². The summed E-state index contributed by atoms with van der Waals surface area (Å²) in [5, 5.41) is 10.6. The van der Waals surface area contributed by atoms with Crippen molar-refractivity contribution in [1.29, 1.82) is 0 Å². The van der Waals surface area contributed by atoms with Crippen LogP contribution in [0.15, 0.2) is 47.4 Å². The number of nitrogens with zero attached hydrogens (tertiary/aromatic N) is 1. The van der Waals surface area contributed by atoms with Gasteiger partial charge in [0.05, 0.1) is 22.5 Å². The number of sulfone groups is 1. The molecule has 2 aromatic rings. The van der Waals surface area contributed by atoms with Crippen molar-refractivity contribution in [2.75, 3.05) is 19.3 Å². The Labute approximate surface area is 197 Å². The fourth-order valence-electron chi connectivity index (χ4n) is 3.88. The minimum absolute atomic E-state index is 0.0411. The molecule has 1 aliphatic heterocycles. The van der Waals surface area contributed by atoms with E-state index in [1.165, 1.54) is 30.3 Å². The Bertz CT molecular complexity index is 1140. The normalized spacial score (nSPS) is 16.5. The first-order chi connectivity index (χ1) is 15.7. The molecule has 0 bridgehead atoms. The lowest BCUT2D eigenvalue weighted by molar-refractivity contribution is -0.138. The molecule has 1 fully saturated rings. The summed E-state index contributed by atoms with van der Waals surface area (Å²) in [6, 6.07) is 8.44. The number of aliphatic hydroxyl groups is 1. The second-order valence-corrected chi connectivity index (χ2v) is 11.0. The molecule has 1 aliphatic rings. The highest BCUT2D eigenvalue weighted by molar-refractivity contribution is 7.90. The lowest BCUT2D eigenvalue weighted by Gasteiger charge is -2.40. The standard InChI is InChI=1S/C24H28F3NO5S/c1-16(2)23(30)8-10-28(11-9-23)22(29)14-17-12-18(24(25,26)27)15-20(13-17)33-19-4-6-21(7-5-19)34(3,31)32/h4-7,12-13,15-16,30H,8-11,14H2,1-3H3. The maximum atomic E-state index is 13.5. The van der Waals surface area contributed by atoms with Crippen molar-refractivity contribution in [2.45, 2.75) is 49.8 Å². The smallest absolute Gasteiger partial charge is 0.416 e. The van der Waals surface area contributed by atoms with Gasteiger partial charge in [-0.2, -0.15) is 13.2 Å². The number of halogens is 3. The van der Waals surface area contributed by atoms with Crippen molar-refractivity contribution in [3.8, 4) is 11.5 Å². The molecule has 1 saturated heterocycles. The van der Waals surface area contributed by atoms with Crippen LogP contribution in [0.25, 0.3) is 0 Å². The number of hydrogen-bond acceptors (Lipinski definition) is 5. The molecule has 2 aromatic carbocycles. The number of piperidine rings is 1. The number of carbonyl (C=O) groups is 1. The summed E-state index contributed by atoms with van der Waals surface area (Å²) in [6.45, 7) is 4.50. The van der Waals surface area contributed by atoms with Gasteiger partial charge in [-0.15, -0.1) is 0 Å². The SMILES string of the molecule is CC(C)C1(O)CCN(C(=O)Cc2cc(Oc3ccc(S(C)(=O)=O)cc3)cc(C(F)(F)F)c2)CC1. The fraction of sp³-hybridized carbons (Fsp3) is 0.458. The first-order valence-electron chi connectivity index (χ1n) is 10.9. The summed E-state index contributed by atoms with van der Waals surface area (Å²) < 4.78 is 69.2. The quantitative estimate of drug-likeness (QED) is 0.635. The maximum absolute atomic E-state index is 13.5. The molecule has 0 aliphatic carbocycles. The van der Waals surface area contributed by atoms with Crippen LogP contribution in [0.2, 0.25) is 0 Å². The molecule has 0 saturated carbocycles. The molecule has 34 heavy (non-hydrogen) atoms. The highest BCUT2D eigenvalue weighted by atomic mass is 32.2. The molecule has 6 nitrogen and oxygen atoms in total. The van der Waals surface area contributed by atoms with Crippen LogP contribution < -0.4 is 4.74 Å². The topological polar surface area (TPSA) is 83.9 Å². The first-order valence-corrected chi connectivity index (χ1v) is 12.8. The average Bonchev–Trinajstić information content (AvgIpc) is 2.73. The summed E-state index contributed by atoms with van der Waals surface area (Å²) >= 11 is 0. The van der Waals surface area contributed by atoms with Crippen LogP contribution in [0, 0.1) is 5.92 Å². The molecule has 1 N–H and O–H groups in total. The van der Waals surface area contributed by atoms with Crippen LogP contribution in [0.5, 0.6) is 11.5 Å². The third kappa shape index (κ3) is 6.29. The largest absolute Gasteiger partial charge is 0.457 e. The molecule has 10 heteroatoms. The third-order valence-electron chi connectivity index (χ3n) is 6.19. The number of benzene rings is 2. The average molecular weight is 500 g/mol. The summed E-state index contributed by atoms with van der Waals surface area (Å²) in [4.78, 5) is 14.4. The van der Waals surface area contributed by atoms with Gasteiger partial charge in [0.2, 0.25) is 5.91 Å². The molecule has 0 aromatic heterocycles. The number of rotatable bonds is 6. The van der Waals surface area contributed by atoms with Crippen LogP contribution in [0.4, 0.5) is 13.2 Å². The van der Waals surface area contributed by atoms with Gasteiger partial charge in [-0.05, 0) is 66.8 Å². The molecule has 0 radical (unpaired) electrons. The lowest BCUT2D eigenvalue weighted by atomic mass is 9.81. The van der Waals surface area contributed by atoms with Gasteiger partial charge >= 0.3 is 6.18 Å². The van der Waals surface area contributed by atoms with Crippen molar-refractivity contribution >= 4 is 15.7 Å². The lowest BCUT2D eigenvalue weighted by Crippen LogP contribution is -2.49. The predicted molar refractivity (Wildman–Crippen MR) is 120 cm³/mol. The molecule has 0 atom stereocenters. The second kappa shape index (κ2) is 9.58. The Morgan fingerprint density at radius 3 is 2.18 bits per heavy atom. The van der Waals surface area contributed by atoms with Crippen LogP contribution >= 0.6 is 0 Å². The fourth-order valence-corrected chi connectivity index (χ4v) is 4.51. The van der Waals surface area contributed by atoms with E-state index < -0.39 is 27.2 Å². The van der Waals surface area contributed by atoms with Gasteiger partial charge in [0.15, 0.2) is 9.84 Å². The number of alkyl halides is 3. The van der Waals surface area contributed by atoms with E-state index in [0.717, 1.165) is 18.4 Å². The summed E-state index contributed by atoms with van der Waals surface area (Å²) in [5.41, 5.74) is -1.65. The number of likely N-dealkylation sites (tertiary alicyclic amines) is 1. The van der Waals surface area contributed by atoms with Crippen LogP contribution in [-0.4, -0.2) is 49.3 Å². The van der Waals surface area contributed by atoms with E-state index in [1.54, 1.807) is 4.90 Å². The van der Waals surface area contributed by atoms with Gasteiger partial charge < -0.3 is 14.7 Å². The number of amides is 1. The van der Waals surface area contributed by atoms with Gasteiger partial charge in [-0.25, -0.2) is 8.42 Å². The van der Waals surface area contributed by atoms with Gasteiger partial charge in [0.1, 0.15) is 11.5 Å². The van der Waals surface area contributed by atoms with Crippen molar-refractivity contribution in [2.24, 2.45) is 5.92 Å². The summed E-state index contributed by atoms with van der Waals surface area (Å²) in [5.74, 6) is -0.237. The Balaban J connectivity index is 1.79. The number of ether oxygens (including phenoxy) is 1. The predicted octanol–water partition coefficient (Wildman–Crippen LogP) is 4.45. The van der Waals surface area contributed by atoms with Crippen LogP contribution in [-0.2, 0) is 27.2 Å². The summed E-state index contributed by atoms with van der Waals surface area (Å²) in [6.07, 6.45) is -3.01. The molecule has 3 rings (SSSR count). The van der Waals surface area contributed by atoms with E-state index in [0.29, 0.717) is 25.9 Å². The molecule has 0 spiro atoms. The van der Waals surface area contributed by atoms with E-state index in [4.69, 9.17) is 4.74 Å². The number of hydrogen-bond donors (Lipinski definition) is 1. The highest BCUT2D eigenvalue weighted by Crippen LogP contribution is 2.35. The van der Waals surface area contributed by atoms with Gasteiger partial charge in [-0.3, -0.25) is 4.79 Å². The monoisotopic (exact) mass is 499 g/mol. The second-order valence-electron chi connectivity index (χ2n) is 9.02. The van der Waals surface area contributed by atoms with Gasteiger partial charge in [-0.1, -0.05) is 13.8 Å². The molecular formula is C24H28F3NO5S. The number of carbonyl (C=O) groups excluding carboxylic acids is 1. The van der Waals surface area contributed by atoms with Crippen LogP contribution in [0.3, 0.4) is 0 Å². The summed E-state index contributed by atoms with van der Waals surface area (Å²) in [7, 11) is -3.42. The van der Waals surface area contributed by atoms with Crippen molar-refractivity contribution in [1.82, 2.24) is 4.90 Å². The maximum Gasteiger partial charge on any atom is 0.416 e. The van der Waals surface area contributed by atoms with E-state index >= 15 is 0 Å². The van der Waals surface area contributed by atoms with Gasteiger partial charge in [0, 0.05) is 19.3 Å². The Kier molecular flexibility index (Phi) is 7.33. The van der Waals surface area contributed by atoms with E-state index in [1.807, 2.05) is 13.8 Å². The zero-order chi connectivity index (χ0) is 25.3. The first kappa shape index (κ1) is 26.0. The third-order valence-corrected chi connectivity index (χ3v) is 7.32. The van der Waals surface area contributed by atoms with E-state index in [2.05, 4.69) is 0 Å².